The summed E-state index contributed by atoms with van der Waals surface area (Å²) in [6.07, 6.45) is 2.40. The molecule has 0 bridgehead atoms. The molecule has 72 heavy (non-hydrogen) atoms. The Balaban J connectivity index is 0.843. The number of aryl methyl sites for hydroxylation is 4. The SMILES string of the molecule is Cc1ncsc1-c1ccc(CCC(=O)[C@H]2C[C@H](O)CN2C(=O)[C@H](NC(=O)CCc2ccc3cc(CO[C@H](C)[C@H](CCC(N)=O)CC(=O)[C@@H]4Cc5cccc6c5N4C(=O)[C@@H](N)CC6)ccc3c2)C(C)(C)C)cc1. The number of nitrogens with two attached hydrogens (primary N) is 2. The molecule has 1 saturated heterocycles. The van der Waals surface area contributed by atoms with Crippen LogP contribution in [0.2, 0.25) is 0 Å². The Morgan fingerprint density at radius 2 is 1.57 bits per heavy atom. The van der Waals surface area contributed by atoms with Crippen LogP contribution in [0.5, 0.6) is 0 Å². The summed E-state index contributed by atoms with van der Waals surface area (Å²) < 4.78 is 6.39. The average Bonchev–Trinajstić information content (AvgIpc) is 4.07. The molecule has 1 fully saturated rings. The van der Waals surface area contributed by atoms with Gasteiger partial charge in [0, 0.05) is 45.1 Å². The van der Waals surface area contributed by atoms with E-state index >= 15 is 0 Å². The molecule has 6 N–H and O–H groups in total. The van der Waals surface area contributed by atoms with Gasteiger partial charge in [-0.3, -0.25) is 33.7 Å². The van der Waals surface area contributed by atoms with Crippen LogP contribution in [0.3, 0.4) is 0 Å². The van der Waals surface area contributed by atoms with E-state index in [1.54, 1.807) is 16.2 Å². The normalized spacial score (nSPS) is 20.0. The van der Waals surface area contributed by atoms with Crippen molar-refractivity contribution in [3.05, 3.63) is 118 Å². The molecule has 14 nitrogen and oxygen atoms in total. The standard InChI is InChI=1S/C57H68N6O8S/c1-33-53(72-32-60-33)39-15-9-35(10-16-39)13-22-48(65)46-29-44(64)30-62(46)56(70)54(57(3,4)5)61-51(68)24-14-36-11-17-42-26-37(12-18-41(42)25-36)31-71-34(2)40(20-23-50(59)67)28-49(66)47-27-43-8-6-7-38-19-21-45(58)55(69)63(47)52(38)43/h6-12,15-18,25-26,32,34,40,44-47,54,64H,13-14,19-24,27-31,58H2,1-5H3,(H2,59,67)(H,61,68)/t34-,40-,44+,45+,46-,47+,54+/m1/s1. The van der Waals surface area contributed by atoms with Gasteiger partial charge in [0.25, 0.3) is 0 Å². The summed E-state index contributed by atoms with van der Waals surface area (Å²) in [7, 11) is 0. The fraction of sp³-hybridized carbons (Fsp3) is 0.456. The Hall–Kier alpha value is -6.13. The number of rotatable bonds is 20. The Bertz CT molecular complexity index is 2840. The second-order valence-corrected chi connectivity index (χ2v) is 22.0. The molecule has 0 radical (unpaired) electrons. The number of benzene rings is 4. The van der Waals surface area contributed by atoms with Crippen molar-refractivity contribution in [2.75, 3.05) is 11.4 Å². The fourth-order valence-electron chi connectivity index (χ4n) is 10.6. The number of Topliss-reactive ketones (excluding diaryl/α,β-unsaturated/α-hetero) is 2. The molecule has 1 aromatic heterocycles. The number of para-hydroxylation sites is 1. The van der Waals surface area contributed by atoms with E-state index in [1.165, 1.54) is 4.90 Å². The van der Waals surface area contributed by atoms with Crippen molar-refractivity contribution >= 4 is 63.0 Å². The van der Waals surface area contributed by atoms with Crippen LogP contribution in [0.1, 0.15) is 106 Å². The molecule has 4 amide bonds. The number of anilines is 1. The molecule has 7 atom stereocenters. The summed E-state index contributed by atoms with van der Waals surface area (Å²) in [6.45, 7) is 9.81. The van der Waals surface area contributed by atoms with E-state index in [1.807, 2.05) is 119 Å². The Kier molecular flexibility index (Phi) is 16.2. The van der Waals surface area contributed by atoms with Crippen LogP contribution in [0.25, 0.3) is 21.2 Å². The molecule has 380 valence electrons. The summed E-state index contributed by atoms with van der Waals surface area (Å²) >= 11 is 1.59. The lowest BCUT2D eigenvalue weighted by molar-refractivity contribution is -0.143. The maximum atomic E-state index is 14.2. The third kappa shape index (κ3) is 12.0. The van der Waals surface area contributed by atoms with Crippen LogP contribution in [0.15, 0.2) is 84.4 Å². The molecule has 0 saturated carbocycles. The van der Waals surface area contributed by atoms with Crippen molar-refractivity contribution < 1.29 is 38.6 Å². The first kappa shape index (κ1) is 52.2. The van der Waals surface area contributed by atoms with Crippen molar-refractivity contribution in [3.8, 4) is 10.4 Å². The van der Waals surface area contributed by atoms with Gasteiger partial charge in [-0.15, -0.1) is 11.3 Å². The van der Waals surface area contributed by atoms with Gasteiger partial charge in [-0.05, 0) is 108 Å². The van der Waals surface area contributed by atoms with Crippen molar-refractivity contribution in [1.82, 2.24) is 15.2 Å². The van der Waals surface area contributed by atoms with Gasteiger partial charge in [-0.1, -0.05) is 93.6 Å². The number of aliphatic hydroxyl groups is 1. The van der Waals surface area contributed by atoms with Gasteiger partial charge in [0.05, 0.1) is 58.7 Å². The number of primary amides is 1. The molecule has 8 rings (SSSR count). The van der Waals surface area contributed by atoms with Gasteiger partial charge in [-0.25, -0.2) is 4.98 Å². The molecule has 3 aliphatic heterocycles. The minimum absolute atomic E-state index is 0.0271. The van der Waals surface area contributed by atoms with E-state index in [2.05, 4.69) is 10.3 Å². The van der Waals surface area contributed by atoms with Gasteiger partial charge >= 0.3 is 0 Å². The fourth-order valence-corrected chi connectivity index (χ4v) is 11.4. The first-order chi connectivity index (χ1) is 34.3. The summed E-state index contributed by atoms with van der Waals surface area (Å²) in [4.78, 5) is 89.6. The number of hydrogen-bond acceptors (Lipinski definition) is 11. The van der Waals surface area contributed by atoms with Crippen LogP contribution >= 0.6 is 11.3 Å². The first-order valence-corrected chi connectivity index (χ1v) is 26.2. The monoisotopic (exact) mass is 996 g/mol. The Morgan fingerprint density at radius 1 is 0.889 bits per heavy atom. The zero-order valence-corrected chi connectivity index (χ0v) is 42.8. The number of aromatic nitrogens is 1. The van der Waals surface area contributed by atoms with Gasteiger partial charge in [-0.2, -0.15) is 0 Å². The van der Waals surface area contributed by atoms with E-state index in [9.17, 15) is 33.9 Å². The number of ketones is 2. The average molecular weight is 997 g/mol. The van der Waals surface area contributed by atoms with Crippen molar-refractivity contribution in [2.45, 2.75) is 148 Å². The van der Waals surface area contributed by atoms with Crippen molar-refractivity contribution in [3.63, 3.8) is 0 Å². The second kappa shape index (κ2) is 22.3. The smallest absolute Gasteiger partial charge is 0.246 e. The highest BCUT2D eigenvalue weighted by atomic mass is 32.1. The maximum Gasteiger partial charge on any atom is 0.246 e. The van der Waals surface area contributed by atoms with E-state index in [4.69, 9.17) is 16.2 Å². The Labute approximate surface area is 425 Å². The number of aliphatic hydroxyl groups excluding tert-OH is 1. The van der Waals surface area contributed by atoms with Crippen molar-refractivity contribution in [1.29, 1.82) is 0 Å². The predicted molar refractivity (Wildman–Crippen MR) is 279 cm³/mol. The van der Waals surface area contributed by atoms with Crippen LogP contribution in [0.4, 0.5) is 5.69 Å². The van der Waals surface area contributed by atoms with Gasteiger partial charge in [0.1, 0.15) is 6.04 Å². The number of likely N-dealkylation sites (tertiary alicyclic amines) is 1. The van der Waals surface area contributed by atoms with Crippen LogP contribution in [-0.4, -0.2) is 93.1 Å². The lowest BCUT2D eigenvalue weighted by Gasteiger charge is -2.35. The zero-order chi connectivity index (χ0) is 51.4. The molecule has 4 aromatic carbocycles. The number of fused-ring (bicyclic) bond motifs is 1. The quantitative estimate of drug-likeness (QED) is 0.0635. The highest BCUT2D eigenvalue weighted by molar-refractivity contribution is 7.13. The van der Waals surface area contributed by atoms with Crippen LogP contribution in [-0.2, 0) is 65.8 Å². The molecular weight excluding hydrogens is 929 g/mol. The summed E-state index contributed by atoms with van der Waals surface area (Å²) in [5, 5.41) is 15.6. The lowest BCUT2D eigenvalue weighted by Crippen LogP contribution is -2.56. The summed E-state index contributed by atoms with van der Waals surface area (Å²) in [5.41, 5.74) is 20.7. The number of carbonyl (C=O) groups excluding carboxylic acids is 6. The molecule has 3 aliphatic rings. The third-order valence-corrected chi connectivity index (χ3v) is 15.8. The lowest BCUT2D eigenvalue weighted by atomic mass is 9.85. The highest BCUT2D eigenvalue weighted by Gasteiger charge is 2.45. The molecule has 0 aliphatic carbocycles. The number of ether oxygens (including phenoxy) is 1. The summed E-state index contributed by atoms with van der Waals surface area (Å²) in [5.74, 6) is -1.89. The molecular formula is C57H68N6O8S. The van der Waals surface area contributed by atoms with Crippen molar-refractivity contribution in [2.24, 2.45) is 22.8 Å². The number of nitrogens with zero attached hydrogens (tertiary/aromatic N) is 3. The number of hydrogen-bond donors (Lipinski definition) is 4. The first-order valence-electron chi connectivity index (χ1n) is 25.3. The third-order valence-electron chi connectivity index (χ3n) is 14.8. The molecule has 0 spiro atoms. The van der Waals surface area contributed by atoms with Crippen LogP contribution in [0, 0.1) is 18.3 Å². The van der Waals surface area contributed by atoms with E-state index in [-0.39, 0.29) is 80.5 Å². The van der Waals surface area contributed by atoms with Gasteiger partial charge < -0.3 is 31.5 Å². The number of carbonyl (C=O) groups is 6. The van der Waals surface area contributed by atoms with Crippen LogP contribution < -0.4 is 21.7 Å². The molecule has 15 heteroatoms. The number of β-amino-alcohol motifs (C(OH)–C–C–N with tert-alkyl or cyclic N) is 1. The predicted octanol–water partition coefficient (Wildman–Crippen LogP) is 6.88. The zero-order valence-electron chi connectivity index (χ0n) is 42.0. The molecule has 5 aromatic rings. The molecule has 0 unspecified atom stereocenters. The minimum Gasteiger partial charge on any atom is -0.391 e. The topological polar surface area (TPSA) is 215 Å². The largest absolute Gasteiger partial charge is 0.391 e. The summed E-state index contributed by atoms with van der Waals surface area (Å²) in [6, 6.07) is 23.0. The van der Waals surface area contributed by atoms with E-state index in [0.29, 0.717) is 38.5 Å². The Morgan fingerprint density at radius 3 is 2.26 bits per heavy atom. The maximum absolute atomic E-state index is 14.2. The highest BCUT2D eigenvalue weighted by Crippen LogP contribution is 2.40. The number of thiazole rings is 1. The second-order valence-electron chi connectivity index (χ2n) is 21.2. The van der Waals surface area contributed by atoms with E-state index in [0.717, 1.165) is 60.4 Å². The molecule has 4 heterocycles. The van der Waals surface area contributed by atoms with E-state index < -0.39 is 47.7 Å². The number of amides is 4. The van der Waals surface area contributed by atoms with Gasteiger partial charge in [0.2, 0.25) is 23.6 Å². The minimum atomic E-state index is -0.912. The number of nitrogens with one attached hydrogen (secondary N) is 1. The van der Waals surface area contributed by atoms with Gasteiger partial charge in [0.15, 0.2) is 11.6 Å².